The van der Waals surface area contributed by atoms with E-state index in [1.165, 1.54) is 0 Å². The van der Waals surface area contributed by atoms with Crippen LogP contribution in [0.5, 0.6) is 17.2 Å². The molecule has 0 aliphatic rings. The topological polar surface area (TPSA) is 54.7 Å². The van der Waals surface area contributed by atoms with Crippen LogP contribution in [0, 0.1) is 11.3 Å². The van der Waals surface area contributed by atoms with Crippen molar-refractivity contribution >= 4 is 0 Å². The van der Waals surface area contributed by atoms with Crippen LogP contribution in [-0.4, -0.2) is 40.3 Å². The lowest BCUT2D eigenvalue weighted by Gasteiger charge is -2.14. The Morgan fingerprint density at radius 3 is 2.05 bits per heavy atom. The number of hydrogen-bond acceptors (Lipinski definition) is 5. The highest BCUT2D eigenvalue weighted by Crippen LogP contribution is 2.38. The summed E-state index contributed by atoms with van der Waals surface area (Å²) in [7, 11) is 8.47. The summed E-state index contributed by atoms with van der Waals surface area (Å²) in [5.74, 6) is 1.72. The molecule has 0 spiro atoms. The third kappa shape index (κ3) is 3.82. The maximum Gasteiger partial charge on any atom is 0.203 e. The Balaban J connectivity index is 3.17. The van der Waals surface area contributed by atoms with Crippen LogP contribution in [-0.2, 0) is 6.42 Å². The van der Waals surface area contributed by atoms with Gasteiger partial charge in [0.2, 0.25) is 5.75 Å². The minimum absolute atomic E-state index is 0.505. The standard InChI is InChI=1S/C15H20N2O3/c1-17(2)10-12(9-16)6-11-7-13(18-3)15(20-5)14(8-11)19-4/h7-8,10H,6H2,1-5H3. The first-order valence-electron chi connectivity index (χ1n) is 6.11. The maximum atomic E-state index is 9.16. The van der Waals surface area contributed by atoms with Crippen LogP contribution in [0.4, 0.5) is 0 Å². The van der Waals surface area contributed by atoms with Crippen LogP contribution < -0.4 is 14.2 Å². The number of nitrogens with zero attached hydrogens (tertiary/aromatic N) is 2. The van der Waals surface area contributed by atoms with Crippen molar-refractivity contribution in [2.45, 2.75) is 6.42 Å². The quantitative estimate of drug-likeness (QED) is 0.746. The van der Waals surface area contributed by atoms with Crippen molar-refractivity contribution in [2.75, 3.05) is 35.4 Å². The summed E-state index contributed by atoms with van der Waals surface area (Å²) in [5.41, 5.74) is 1.58. The monoisotopic (exact) mass is 276 g/mol. The van der Waals surface area contributed by atoms with E-state index < -0.39 is 0 Å². The second kappa shape index (κ2) is 7.29. The van der Waals surface area contributed by atoms with Gasteiger partial charge in [-0.05, 0) is 17.7 Å². The highest BCUT2D eigenvalue weighted by atomic mass is 16.5. The lowest BCUT2D eigenvalue weighted by molar-refractivity contribution is 0.324. The third-order valence-electron chi connectivity index (χ3n) is 2.68. The fourth-order valence-electron chi connectivity index (χ4n) is 1.88. The van der Waals surface area contributed by atoms with Gasteiger partial charge in [-0.15, -0.1) is 0 Å². The number of nitriles is 1. The van der Waals surface area contributed by atoms with Crippen molar-refractivity contribution < 1.29 is 14.2 Å². The molecule has 1 aromatic rings. The van der Waals surface area contributed by atoms with Gasteiger partial charge in [-0.3, -0.25) is 0 Å². The molecule has 0 saturated heterocycles. The van der Waals surface area contributed by atoms with Crippen LogP contribution in [0.15, 0.2) is 23.9 Å². The van der Waals surface area contributed by atoms with E-state index in [1.54, 1.807) is 27.5 Å². The van der Waals surface area contributed by atoms with Crippen molar-refractivity contribution in [2.24, 2.45) is 0 Å². The Hall–Kier alpha value is -2.35. The zero-order valence-corrected chi connectivity index (χ0v) is 12.6. The predicted octanol–water partition coefficient (Wildman–Crippen LogP) is 2.22. The van der Waals surface area contributed by atoms with Gasteiger partial charge in [-0.25, -0.2) is 0 Å². The van der Waals surface area contributed by atoms with Crippen LogP contribution in [0.1, 0.15) is 5.56 Å². The van der Waals surface area contributed by atoms with Gasteiger partial charge in [0.05, 0.1) is 27.4 Å². The summed E-state index contributed by atoms with van der Waals surface area (Å²) in [4.78, 5) is 1.84. The van der Waals surface area contributed by atoms with E-state index in [-0.39, 0.29) is 0 Å². The summed E-state index contributed by atoms with van der Waals surface area (Å²) in [6.45, 7) is 0. The van der Waals surface area contributed by atoms with Gasteiger partial charge in [0.25, 0.3) is 0 Å². The van der Waals surface area contributed by atoms with E-state index in [1.807, 2.05) is 31.1 Å². The summed E-state index contributed by atoms with van der Waals surface area (Å²) >= 11 is 0. The second-order valence-corrected chi connectivity index (χ2v) is 4.44. The second-order valence-electron chi connectivity index (χ2n) is 4.44. The number of ether oxygens (including phenoxy) is 3. The molecule has 0 unspecified atom stereocenters. The first-order chi connectivity index (χ1) is 9.55. The van der Waals surface area contributed by atoms with Gasteiger partial charge in [0.1, 0.15) is 0 Å². The van der Waals surface area contributed by atoms with Crippen molar-refractivity contribution in [3.8, 4) is 23.3 Å². The molecular formula is C15H20N2O3. The van der Waals surface area contributed by atoms with Crippen LogP contribution >= 0.6 is 0 Å². The highest BCUT2D eigenvalue weighted by Gasteiger charge is 2.13. The largest absolute Gasteiger partial charge is 0.493 e. The minimum Gasteiger partial charge on any atom is -0.493 e. The average molecular weight is 276 g/mol. The smallest absolute Gasteiger partial charge is 0.203 e. The van der Waals surface area contributed by atoms with E-state index in [9.17, 15) is 0 Å². The molecule has 108 valence electrons. The molecule has 1 aromatic carbocycles. The minimum atomic E-state index is 0.505. The third-order valence-corrected chi connectivity index (χ3v) is 2.68. The van der Waals surface area contributed by atoms with Gasteiger partial charge < -0.3 is 19.1 Å². The molecular weight excluding hydrogens is 256 g/mol. The first kappa shape index (κ1) is 15.7. The van der Waals surface area contributed by atoms with Crippen LogP contribution in [0.3, 0.4) is 0 Å². The zero-order valence-electron chi connectivity index (χ0n) is 12.6. The van der Waals surface area contributed by atoms with Crippen molar-refractivity contribution in [3.05, 3.63) is 29.5 Å². The van der Waals surface area contributed by atoms with Crippen molar-refractivity contribution in [1.29, 1.82) is 5.26 Å². The fourth-order valence-corrected chi connectivity index (χ4v) is 1.88. The Kier molecular flexibility index (Phi) is 5.73. The number of benzene rings is 1. The Morgan fingerprint density at radius 1 is 1.15 bits per heavy atom. The van der Waals surface area contributed by atoms with Gasteiger partial charge >= 0.3 is 0 Å². The van der Waals surface area contributed by atoms with Gasteiger partial charge in [-0.2, -0.15) is 5.26 Å². The molecule has 5 nitrogen and oxygen atoms in total. The van der Waals surface area contributed by atoms with E-state index in [0.29, 0.717) is 29.2 Å². The summed E-state index contributed by atoms with van der Waals surface area (Å²) < 4.78 is 15.9. The Morgan fingerprint density at radius 2 is 1.70 bits per heavy atom. The molecule has 0 N–H and O–H groups in total. The zero-order chi connectivity index (χ0) is 15.1. The molecule has 1 rings (SSSR count). The molecule has 0 aliphatic heterocycles. The molecule has 0 amide bonds. The van der Waals surface area contributed by atoms with Crippen molar-refractivity contribution in [3.63, 3.8) is 0 Å². The van der Waals surface area contributed by atoms with Crippen molar-refractivity contribution in [1.82, 2.24) is 4.90 Å². The maximum absolute atomic E-state index is 9.16. The first-order valence-corrected chi connectivity index (χ1v) is 6.11. The molecule has 5 heteroatoms. The Labute approximate surface area is 120 Å². The normalized spacial score (nSPS) is 10.7. The van der Waals surface area contributed by atoms with Gasteiger partial charge in [-0.1, -0.05) is 0 Å². The number of allylic oxidation sites excluding steroid dienone is 1. The van der Waals surface area contributed by atoms with Crippen LogP contribution in [0.25, 0.3) is 0 Å². The van der Waals surface area contributed by atoms with Gasteiger partial charge in [0, 0.05) is 32.3 Å². The molecule has 0 aliphatic carbocycles. The molecule has 0 aromatic heterocycles. The number of hydrogen-bond donors (Lipinski definition) is 0. The molecule has 0 heterocycles. The fraction of sp³-hybridized carbons (Fsp3) is 0.400. The molecule has 0 saturated carbocycles. The SMILES string of the molecule is COc1cc(CC(C#N)=CN(C)C)cc(OC)c1OC. The lowest BCUT2D eigenvalue weighted by Crippen LogP contribution is -2.04. The highest BCUT2D eigenvalue weighted by molar-refractivity contribution is 5.54. The average Bonchev–Trinajstić information content (AvgIpc) is 2.44. The summed E-state index contributed by atoms with van der Waals surface area (Å²) in [5, 5.41) is 9.16. The van der Waals surface area contributed by atoms with E-state index in [4.69, 9.17) is 19.5 Å². The number of methoxy groups -OCH3 is 3. The van der Waals surface area contributed by atoms with Crippen LogP contribution in [0.2, 0.25) is 0 Å². The summed E-state index contributed by atoms with van der Waals surface area (Å²) in [6.07, 6.45) is 2.30. The van der Waals surface area contributed by atoms with E-state index >= 15 is 0 Å². The predicted molar refractivity (Wildman–Crippen MR) is 77.2 cm³/mol. The van der Waals surface area contributed by atoms with Gasteiger partial charge in [0.15, 0.2) is 11.5 Å². The molecule has 0 radical (unpaired) electrons. The lowest BCUT2D eigenvalue weighted by atomic mass is 10.1. The van der Waals surface area contributed by atoms with E-state index in [0.717, 1.165) is 5.56 Å². The molecule has 0 bridgehead atoms. The number of rotatable bonds is 6. The summed E-state index contributed by atoms with van der Waals surface area (Å²) in [6, 6.07) is 5.89. The molecule has 0 fully saturated rings. The molecule has 0 atom stereocenters. The van der Waals surface area contributed by atoms with E-state index in [2.05, 4.69) is 6.07 Å². The Bertz CT molecular complexity index is 505. The molecule has 20 heavy (non-hydrogen) atoms.